The molecule has 3 atom stereocenters. The number of hydrogen-bond donors (Lipinski definition) is 1. The molecule has 1 aliphatic carbocycles. The molecule has 0 saturated heterocycles. The molecular formula is C19H20ClNO4S. The Hall–Kier alpha value is -1.89. The summed E-state index contributed by atoms with van der Waals surface area (Å²) in [6.45, 7) is 1.71. The molecule has 0 heterocycles. The van der Waals surface area contributed by atoms with E-state index in [1.807, 2.05) is 0 Å². The van der Waals surface area contributed by atoms with Gasteiger partial charge in [0.1, 0.15) is 5.41 Å². The average molecular weight is 394 g/mol. The molecule has 0 amide bonds. The van der Waals surface area contributed by atoms with Crippen LogP contribution in [0.25, 0.3) is 0 Å². The molecule has 0 aromatic heterocycles. The van der Waals surface area contributed by atoms with Crippen molar-refractivity contribution in [2.24, 2.45) is 11.1 Å². The van der Waals surface area contributed by atoms with E-state index >= 15 is 0 Å². The normalized spacial score (nSPS) is 24.9. The van der Waals surface area contributed by atoms with Crippen molar-refractivity contribution in [3.63, 3.8) is 0 Å². The Morgan fingerprint density at radius 1 is 1.19 bits per heavy atom. The number of sulfone groups is 1. The standard InChI is InChI=1S/C19H20ClNO4S/c1-2-25-18(22)19(12-21)16(13-7-6-8-14(20)11-13)17(19)26(23,24)15-9-4-3-5-10-15/h3-11,16-17H,2,12,21H2,1H3/t16-,17+,19-/m1/s1. The number of nitrogens with two attached hydrogens (primary N) is 1. The zero-order valence-corrected chi connectivity index (χ0v) is 15.8. The zero-order chi connectivity index (χ0) is 18.9. The van der Waals surface area contributed by atoms with E-state index in [1.54, 1.807) is 49.4 Å². The lowest BCUT2D eigenvalue weighted by Crippen LogP contribution is -2.33. The van der Waals surface area contributed by atoms with Crippen molar-refractivity contribution in [2.45, 2.75) is 23.0 Å². The van der Waals surface area contributed by atoms with Crippen LogP contribution in [0.3, 0.4) is 0 Å². The molecule has 2 aromatic carbocycles. The van der Waals surface area contributed by atoms with Crippen LogP contribution in [0, 0.1) is 5.41 Å². The van der Waals surface area contributed by atoms with Crippen LogP contribution in [0.15, 0.2) is 59.5 Å². The molecular weight excluding hydrogens is 374 g/mol. The summed E-state index contributed by atoms with van der Waals surface area (Å²) in [6.07, 6.45) is 0. The van der Waals surface area contributed by atoms with E-state index in [9.17, 15) is 13.2 Å². The van der Waals surface area contributed by atoms with E-state index in [1.165, 1.54) is 12.1 Å². The molecule has 5 nitrogen and oxygen atoms in total. The van der Waals surface area contributed by atoms with E-state index < -0.39 is 32.4 Å². The van der Waals surface area contributed by atoms with Crippen molar-refractivity contribution in [3.8, 4) is 0 Å². The lowest BCUT2D eigenvalue weighted by Gasteiger charge is -2.14. The number of esters is 1. The second-order valence-electron chi connectivity index (χ2n) is 6.28. The molecule has 0 bridgehead atoms. The monoisotopic (exact) mass is 393 g/mol. The minimum Gasteiger partial charge on any atom is -0.465 e. The summed E-state index contributed by atoms with van der Waals surface area (Å²) in [7, 11) is -3.78. The van der Waals surface area contributed by atoms with Gasteiger partial charge in [0.2, 0.25) is 0 Å². The third kappa shape index (κ3) is 2.92. The number of carbonyl (C=O) groups is 1. The van der Waals surface area contributed by atoms with E-state index in [-0.39, 0.29) is 18.0 Å². The molecule has 2 aromatic rings. The number of carbonyl (C=O) groups excluding carboxylic acids is 1. The number of halogens is 1. The lowest BCUT2D eigenvalue weighted by atomic mass is 9.99. The maximum Gasteiger partial charge on any atom is 0.315 e. The van der Waals surface area contributed by atoms with Gasteiger partial charge in [0.25, 0.3) is 0 Å². The van der Waals surface area contributed by atoms with Crippen molar-refractivity contribution in [3.05, 3.63) is 65.2 Å². The summed E-state index contributed by atoms with van der Waals surface area (Å²) in [5, 5.41) is -0.514. The lowest BCUT2D eigenvalue weighted by molar-refractivity contribution is -0.149. The molecule has 0 aliphatic heterocycles. The average Bonchev–Trinajstić information content (AvgIpc) is 3.34. The summed E-state index contributed by atoms with van der Waals surface area (Å²) >= 11 is 6.08. The number of benzene rings is 2. The second-order valence-corrected chi connectivity index (χ2v) is 8.78. The second kappa shape index (κ2) is 7.02. The van der Waals surface area contributed by atoms with Gasteiger partial charge in [0, 0.05) is 17.5 Å². The number of rotatable bonds is 6. The summed E-state index contributed by atoms with van der Waals surface area (Å²) < 4.78 is 31.7. The molecule has 1 aliphatic rings. The quantitative estimate of drug-likeness (QED) is 0.762. The van der Waals surface area contributed by atoms with Gasteiger partial charge in [-0.05, 0) is 36.8 Å². The van der Waals surface area contributed by atoms with Crippen molar-refractivity contribution in [1.82, 2.24) is 0 Å². The van der Waals surface area contributed by atoms with Crippen LogP contribution in [-0.4, -0.2) is 32.8 Å². The zero-order valence-electron chi connectivity index (χ0n) is 14.3. The van der Waals surface area contributed by atoms with Gasteiger partial charge in [-0.25, -0.2) is 8.42 Å². The van der Waals surface area contributed by atoms with E-state index in [4.69, 9.17) is 22.1 Å². The van der Waals surface area contributed by atoms with Crippen molar-refractivity contribution in [2.75, 3.05) is 13.2 Å². The Morgan fingerprint density at radius 3 is 2.46 bits per heavy atom. The van der Waals surface area contributed by atoms with Crippen LogP contribution in [0.1, 0.15) is 18.4 Å². The summed E-state index contributed by atoms with van der Waals surface area (Å²) in [6, 6.07) is 15.0. The molecule has 0 unspecified atom stereocenters. The first kappa shape index (κ1) is 18.9. The Balaban J connectivity index is 2.13. The minimum absolute atomic E-state index is 0.125. The maximum atomic E-state index is 13.3. The number of hydrogen-bond acceptors (Lipinski definition) is 5. The van der Waals surface area contributed by atoms with E-state index in [0.29, 0.717) is 10.6 Å². The Labute approximate surface area is 158 Å². The van der Waals surface area contributed by atoms with Crippen LogP contribution in [-0.2, 0) is 19.4 Å². The van der Waals surface area contributed by atoms with Crippen LogP contribution < -0.4 is 5.73 Å². The van der Waals surface area contributed by atoms with Gasteiger partial charge in [-0.15, -0.1) is 0 Å². The molecule has 0 spiro atoms. The number of ether oxygens (including phenoxy) is 1. The Morgan fingerprint density at radius 2 is 1.88 bits per heavy atom. The molecule has 1 fully saturated rings. The van der Waals surface area contributed by atoms with Gasteiger partial charge in [-0.3, -0.25) is 4.79 Å². The predicted molar refractivity (Wildman–Crippen MR) is 99.7 cm³/mol. The molecule has 26 heavy (non-hydrogen) atoms. The fourth-order valence-corrected chi connectivity index (χ4v) is 6.23. The topological polar surface area (TPSA) is 86.5 Å². The summed E-state index contributed by atoms with van der Waals surface area (Å²) in [5.74, 6) is -1.19. The first-order valence-corrected chi connectivity index (χ1v) is 10.2. The molecule has 3 rings (SSSR count). The van der Waals surface area contributed by atoms with E-state index in [0.717, 1.165) is 0 Å². The van der Waals surface area contributed by atoms with Crippen molar-refractivity contribution < 1.29 is 17.9 Å². The third-order valence-corrected chi connectivity index (χ3v) is 7.39. The van der Waals surface area contributed by atoms with Crippen LogP contribution in [0.4, 0.5) is 0 Å². The van der Waals surface area contributed by atoms with E-state index in [2.05, 4.69) is 0 Å². The fraction of sp³-hybridized carbons (Fsp3) is 0.316. The molecule has 2 N–H and O–H groups in total. The highest BCUT2D eigenvalue weighted by Crippen LogP contribution is 2.64. The van der Waals surface area contributed by atoms with Gasteiger partial charge < -0.3 is 10.5 Å². The highest BCUT2D eigenvalue weighted by molar-refractivity contribution is 7.92. The SMILES string of the molecule is CCOC(=O)[C@]1(CN)[C@H](c2cccc(Cl)c2)[C@@H]1S(=O)(=O)c1ccccc1. The smallest absolute Gasteiger partial charge is 0.315 e. The predicted octanol–water partition coefficient (Wildman–Crippen LogP) is 2.79. The molecule has 138 valence electrons. The Kier molecular flexibility index (Phi) is 5.10. The fourth-order valence-electron chi connectivity index (χ4n) is 3.62. The largest absolute Gasteiger partial charge is 0.465 e. The summed E-state index contributed by atoms with van der Waals surface area (Å²) in [5.41, 5.74) is 5.29. The molecule has 1 saturated carbocycles. The van der Waals surface area contributed by atoms with Crippen LogP contribution >= 0.6 is 11.6 Å². The van der Waals surface area contributed by atoms with Crippen LogP contribution in [0.5, 0.6) is 0 Å². The minimum atomic E-state index is -3.78. The van der Waals surface area contributed by atoms with Gasteiger partial charge in [0.15, 0.2) is 9.84 Å². The highest BCUT2D eigenvalue weighted by Gasteiger charge is 2.75. The third-order valence-electron chi connectivity index (χ3n) is 4.86. The molecule has 0 radical (unpaired) electrons. The Bertz CT molecular complexity index is 916. The highest BCUT2D eigenvalue weighted by atomic mass is 35.5. The van der Waals surface area contributed by atoms with Crippen molar-refractivity contribution >= 4 is 27.4 Å². The van der Waals surface area contributed by atoms with Crippen molar-refractivity contribution in [1.29, 1.82) is 0 Å². The summed E-state index contributed by atoms with van der Waals surface area (Å²) in [4.78, 5) is 12.9. The van der Waals surface area contributed by atoms with Crippen LogP contribution in [0.2, 0.25) is 5.02 Å². The molecule has 7 heteroatoms. The van der Waals surface area contributed by atoms with Gasteiger partial charge in [-0.1, -0.05) is 41.9 Å². The maximum absolute atomic E-state index is 13.3. The first-order valence-electron chi connectivity index (χ1n) is 8.31. The van der Waals surface area contributed by atoms with Gasteiger partial charge in [-0.2, -0.15) is 0 Å². The first-order chi connectivity index (χ1) is 12.4. The van der Waals surface area contributed by atoms with Gasteiger partial charge >= 0.3 is 5.97 Å². The van der Waals surface area contributed by atoms with Gasteiger partial charge in [0.05, 0.1) is 16.8 Å².